The predicted octanol–water partition coefficient (Wildman–Crippen LogP) is 1.08. The van der Waals surface area contributed by atoms with Crippen LogP contribution in [0.2, 0.25) is 0 Å². The number of benzene rings is 2. The van der Waals surface area contributed by atoms with E-state index in [-0.39, 0.29) is 39.2 Å². The van der Waals surface area contributed by atoms with Crippen LogP contribution in [-0.2, 0) is 4.74 Å². The Morgan fingerprint density at radius 3 is 2.50 bits per heavy atom. The summed E-state index contributed by atoms with van der Waals surface area (Å²) < 4.78 is 16.4. The Hall–Kier alpha value is -3.11. The number of aliphatic hydroxyl groups excluding tert-OH is 3. The van der Waals surface area contributed by atoms with E-state index in [1.165, 1.54) is 49.6 Å². The number of aromatic hydroxyl groups is 2. The van der Waals surface area contributed by atoms with Gasteiger partial charge in [0, 0.05) is 6.07 Å². The standard InChI is InChI=1S/C21H20O9/c1-9-17(24)19(26)20(27)21(29-9)30-16-6-10(2-5-14(16)23)13-8-28-15-7-11(22)3-4-12(15)18(13)25/h2-9,17,19-24,26-27H,1H3/t9-,17-,19-,20+,21-/m0/s1. The minimum absolute atomic E-state index is 0.0358. The molecule has 2 heterocycles. The summed E-state index contributed by atoms with van der Waals surface area (Å²) in [7, 11) is 0. The first-order valence-corrected chi connectivity index (χ1v) is 9.20. The van der Waals surface area contributed by atoms with Crippen molar-refractivity contribution in [2.45, 2.75) is 37.6 Å². The van der Waals surface area contributed by atoms with Gasteiger partial charge < -0.3 is 39.4 Å². The molecule has 3 aromatic rings. The molecule has 1 aromatic heterocycles. The van der Waals surface area contributed by atoms with E-state index in [1.54, 1.807) is 0 Å². The van der Waals surface area contributed by atoms with E-state index in [0.29, 0.717) is 5.56 Å². The van der Waals surface area contributed by atoms with Gasteiger partial charge in [-0.25, -0.2) is 0 Å². The maximum Gasteiger partial charge on any atom is 0.229 e. The quantitative estimate of drug-likeness (QED) is 0.423. The molecular weight excluding hydrogens is 396 g/mol. The van der Waals surface area contributed by atoms with E-state index >= 15 is 0 Å². The smallest absolute Gasteiger partial charge is 0.229 e. The van der Waals surface area contributed by atoms with E-state index in [2.05, 4.69) is 0 Å². The summed E-state index contributed by atoms with van der Waals surface area (Å²) in [5.74, 6) is -0.415. The molecule has 0 aliphatic carbocycles. The van der Waals surface area contributed by atoms with Gasteiger partial charge in [0.15, 0.2) is 16.9 Å². The molecule has 9 heteroatoms. The molecule has 9 nitrogen and oxygen atoms in total. The van der Waals surface area contributed by atoms with Crippen molar-refractivity contribution in [2.75, 3.05) is 0 Å². The fraction of sp³-hybridized carbons (Fsp3) is 0.286. The zero-order valence-electron chi connectivity index (χ0n) is 15.8. The van der Waals surface area contributed by atoms with Gasteiger partial charge in [0.2, 0.25) is 6.29 Å². The summed E-state index contributed by atoms with van der Waals surface area (Å²) in [4.78, 5) is 12.8. The van der Waals surface area contributed by atoms with Crippen LogP contribution < -0.4 is 10.2 Å². The molecule has 5 atom stereocenters. The normalized spacial score (nSPS) is 26.6. The first-order chi connectivity index (χ1) is 14.3. The Kier molecular flexibility index (Phi) is 5.12. The molecule has 30 heavy (non-hydrogen) atoms. The molecule has 0 spiro atoms. The number of phenolic OH excluding ortho intramolecular Hbond substituents is 2. The molecule has 1 saturated heterocycles. The number of aliphatic hydroxyl groups is 3. The van der Waals surface area contributed by atoms with Crippen molar-refractivity contribution in [1.29, 1.82) is 0 Å². The average molecular weight is 416 g/mol. The van der Waals surface area contributed by atoms with E-state index in [9.17, 15) is 30.3 Å². The van der Waals surface area contributed by atoms with E-state index < -0.39 is 30.7 Å². The third-order valence-electron chi connectivity index (χ3n) is 5.08. The van der Waals surface area contributed by atoms with Crippen LogP contribution >= 0.6 is 0 Å². The maximum absolute atomic E-state index is 12.8. The highest BCUT2D eigenvalue weighted by Gasteiger charge is 2.43. The molecule has 1 fully saturated rings. The second kappa shape index (κ2) is 7.62. The second-order valence-electron chi connectivity index (χ2n) is 7.14. The highest BCUT2D eigenvalue weighted by molar-refractivity contribution is 5.82. The zero-order chi connectivity index (χ0) is 21.6. The van der Waals surface area contributed by atoms with Crippen LogP contribution in [0.4, 0.5) is 0 Å². The summed E-state index contributed by atoms with van der Waals surface area (Å²) in [5.41, 5.74) is 0.422. The fourth-order valence-electron chi connectivity index (χ4n) is 3.33. The summed E-state index contributed by atoms with van der Waals surface area (Å²) >= 11 is 0. The van der Waals surface area contributed by atoms with Crippen LogP contribution in [0.3, 0.4) is 0 Å². The van der Waals surface area contributed by atoms with E-state index in [1.807, 2.05) is 0 Å². The molecule has 1 aliphatic rings. The van der Waals surface area contributed by atoms with Crippen LogP contribution in [0.15, 0.2) is 51.9 Å². The van der Waals surface area contributed by atoms with Gasteiger partial charge in [-0.3, -0.25) is 4.79 Å². The third-order valence-corrected chi connectivity index (χ3v) is 5.08. The van der Waals surface area contributed by atoms with Crippen molar-refractivity contribution >= 4 is 11.0 Å². The van der Waals surface area contributed by atoms with Gasteiger partial charge in [0.25, 0.3) is 0 Å². The van der Waals surface area contributed by atoms with Crippen molar-refractivity contribution in [3.05, 3.63) is 52.9 Å². The number of hydrogen-bond acceptors (Lipinski definition) is 9. The van der Waals surface area contributed by atoms with Crippen LogP contribution in [0, 0.1) is 0 Å². The molecule has 0 radical (unpaired) electrons. The van der Waals surface area contributed by atoms with Crippen LogP contribution in [0.1, 0.15) is 6.92 Å². The van der Waals surface area contributed by atoms with Gasteiger partial charge in [-0.2, -0.15) is 0 Å². The van der Waals surface area contributed by atoms with Crippen molar-refractivity contribution in [3.63, 3.8) is 0 Å². The molecule has 0 bridgehead atoms. The van der Waals surface area contributed by atoms with Gasteiger partial charge in [0.1, 0.15) is 35.9 Å². The van der Waals surface area contributed by atoms with Gasteiger partial charge in [0.05, 0.1) is 17.1 Å². The largest absolute Gasteiger partial charge is 0.508 e. The zero-order valence-corrected chi connectivity index (χ0v) is 15.8. The van der Waals surface area contributed by atoms with Gasteiger partial charge in [-0.05, 0) is 36.8 Å². The van der Waals surface area contributed by atoms with Crippen LogP contribution in [0.5, 0.6) is 17.2 Å². The van der Waals surface area contributed by atoms with Gasteiger partial charge in [-0.1, -0.05) is 6.07 Å². The monoisotopic (exact) mass is 416 g/mol. The van der Waals surface area contributed by atoms with Crippen molar-refractivity contribution in [3.8, 4) is 28.4 Å². The summed E-state index contributed by atoms with van der Waals surface area (Å²) in [5, 5.41) is 49.8. The predicted molar refractivity (Wildman–Crippen MR) is 104 cm³/mol. The summed E-state index contributed by atoms with van der Waals surface area (Å²) in [6.07, 6.45) is -5.28. The number of rotatable bonds is 3. The van der Waals surface area contributed by atoms with E-state index in [0.717, 1.165) is 0 Å². The molecule has 0 amide bonds. The number of hydrogen-bond donors (Lipinski definition) is 5. The minimum atomic E-state index is -1.56. The average Bonchev–Trinajstić information content (AvgIpc) is 2.72. The molecule has 2 aromatic carbocycles. The highest BCUT2D eigenvalue weighted by Crippen LogP contribution is 2.34. The fourth-order valence-corrected chi connectivity index (χ4v) is 3.33. The Bertz CT molecular complexity index is 1140. The first kappa shape index (κ1) is 20.2. The highest BCUT2D eigenvalue weighted by atomic mass is 16.7. The van der Waals surface area contributed by atoms with Crippen molar-refractivity contribution < 1.29 is 39.4 Å². The minimum Gasteiger partial charge on any atom is -0.508 e. The van der Waals surface area contributed by atoms with Crippen LogP contribution in [-0.4, -0.2) is 56.2 Å². The van der Waals surface area contributed by atoms with Gasteiger partial charge >= 0.3 is 0 Å². The second-order valence-corrected chi connectivity index (χ2v) is 7.14. The number of ether oxygens (including phenoxy) is 2. The van der Waals surface area contributed by atoms with E-state index in [4.69, 9.17) is 13.9 Å². The SMILES string of the molecule is C[C@@H]1O[C@@H](Oc2cc(-c3coc4cc(O)ccc4c3=O)ccc2O)[C@H](O)[C@@H](O)[C@H]1O. The molecule has 5 N–H and O–H groups in total. The topological polar surface area (TPSA) is 150 Å². The molecule has 4 rings (SSSR count). The lowest BCUT2D eigenvalue weighted by Crippen LogP contribution is -2.58. The van der Waals surface area contributed by atoms with Crippen LogP contribution in [0.25, 0.3) is 22.1 Å². The molecule has 158 valence electrons. The lowest BCUT2D eigenvalue weighted by molar-refractivity contribution is -0.268. The Morgan fingerprint density at radius 2 is 1.73 bits per heavy atom. The molecule has 0 unspecified atom stereocenters. The molecule has 0 saturated carbocycles. The lowest BCUT2D eigenvalue weighted by atomic mass is 10.00. The molecular formula is C21H20O9. The lowest BCUT2D eigenvalue weighted by Gasteiger charge is -2.38. The van der Waals surface area contributed by atoms with Gasteiger partial charge in [-0.15, -0.1) is 0 Å². The summed E-state index contributed by atoms with van der Waals surface area (Å²) in [6, 6.07) is 8.30. The maximum atomic E-state index is 12.8. The van der Waals surface area contributed by atoms with Crippen molar-refractivity contribution in [2.24, 2.45) is 0 Å². The number of fused-ring (bicyclic) bond motifs is 1. The summed E-state index contributed by atoms with van der Waals surface area (Å²) in [6.45, 7) is 1.50. The Morgan fingerprint density at radius 1 is 0.967 bits per heavy atom. The third kappa shape index (κ3) is 3.48. The molecule has 1 aliphatic heterocycles. The first-order valence-electron chi connectivity index (χ1n) is 9.20. The number of phenols is 2. The van der Waals surface area contributed by atoms with Crippen molar-refractivity contribution in [1.82, 2.24) is 0 Å². The Balaban J connectivity index is 1.69. The Labute approximate surface area is 170 Å².